The lowest BCUT2D eigenvalue weighted by molar-refractivity contribution is -0.123. The minimum absolute atomic E-state index is 0.0515. The number of aliphatic hydroxyl groups excluding tert-OH is 2. The van der Waals surface area contributed by atoms with Gasteiger partial charge in [-0.05, 0) is 64.2 Å². The number of unbranched alkanes of at least 4 members (excludes halogenated alkanes) is 21. The van der Waals surface area contributed by atoms with E-state index in [1.165, 1.54) is 122 Å². The van der Waals surface area contributed by atoms with Gasteiger partial charge in [0.15, 0.2) is 0 Å². The Balaban J connectivity index is 3.63. The number of carbonyl (C=O) groups excluding carboxylic acids is 1. The summed E-state index contributed by atoms with van der Waals surface area (Å²) in [6, 6.07) is -0.553. The van der Waals surface area contributed by atoms with Gasteiger partial charge in [0.25, 0.3) is 0 Å². The van der Waals surface area contributed by atoms with Crippen molar-refractivity contribution < 1.29 is 15.0 Å². The van der Waals surface area contributed by atoms with Crippen LogP contribution in [0.4, 0.5) is 0 Å². The highest BCUT2D eigenvalue weighted by Gasteiger charge is 2.19. The number of allylic oxidation sites excluding steroid dienone is 4. The Morgan fingerprint density at radius 3 is 1.34 bits per heavy atom. The van der Waals surface area contributed by atoms with E-state index in [0.29, 0.717) is 12.8 Å². The molecule has 0 aromatic rings. The Morgan fingerprint density at radius 1 is 0.561 bits per heavy atom. The Labute approximate surface area is 256 Å². The first-order valence-electron chi connectivity index (χ1n) is 18.0. The Morgan fingerprint density at radius 2 is 0.927 bits per heavy atom. The molecular weight excluding hydrogens is 506 g/mol. The fourth-order valence-corrected chi connectivity index (χ4v) is 5.35. The summed E-state index contributed by atoms with van der Waals surface area (Å²) in [7, 11) is 0. The Kier molecular flexibility index (Phi) is 32.5. The summed E-state index contributed by atoms with van der Waals surface area (Å²) in [4.78, 5) is 12.3. The van der Waals surface area contributed by atoms with E-state index in [2.05, 4.69) is 43.5 Å². The van der Waals surface area contributed by atoms with Crippen LogP contribution in [-0.4, -0.2) is 34.9 Å². The van der Waals surface area contributed by atoms with E-state index >= 15 is 0 Å². The number of hydrogen-bond acceptors (Lipinski definition) is 3. The molecule has 0 fully saturated rings. The molecule has 0 saturated heterocycles. The van der Waals surface area contributed by atoms with Crippen molar-refractivity contribution in [3.05, 3.63) is 24.3 Å². The average Bonchev–Trinajstić information content (AvgIpc) is 2.97. The maximum absolute atomic E-state index is 12.3. The Hall–Kier alpha value is -1.13. The van der Waals surface area contributed by atoms with Crippen molar-refractivity contribution in [3.63, 3.8) is 0 Å². The second-order valence-electron chi connectivity index (χ2n) is 12.3. The van der Waals surface area contributed by atoms with Gasteiger partial charge in [0.1, 0.15) is 0 Å². The number of hydrogen-bond donors (Lipinski definition) is 3. The van der Waals surface area contributed by atoms with E-state index in [1.54, 1.807) is 0 Å². The van der Waals surface area contributed by atoms with Gasteiger partial charge in [-0.1, -0.05) is 141 Å². The van der Waals surface area contributed by atoms with E-state index in [-0.39, 0.29) is 12.5 Å². The maximum Gasteiger partial charge on any atom is 0.220 e. The number of nitrogens with one attached hydrogen (secondary N) is 1. The largest absolute Gasteiger partial charge is 0.394 e. The topological polar surface area (TPSA) is 69.6 Å². The number of carbonyl (C=O) groups is 1. The van der Waals surface area contributed by atoms with Crippen LogP contribution in [0.2, 0.25) is 0 Å². The van der Waals surface area contributed by atoms with Gasteiger partial charge >= 0.3 is 0 Å². The lowest BCUT2D eigenvalue weighted by Crippen LogP contribution is -2.45. The average molecular weight is 578 g/mol. The molecule has 0 aromatic heterocycles. The van der Waals surface area contributed by atoms with E-state index in [1.807, 2.05) is 0 Å². The maximum atomic E-state index is 12.3. The summed E-state index contributed by atoms with van der Waals surface area (Å²) in [6.45, 7) is 4.32. The van der Waals surface area contributed by atoms with Crippen LogP contribution < -0.4 is 5.32 Å². The molecule has 0 radical (unpaired) electrons. The van der Waals surface area contributed by atoms with E-state index in [0.717, 1.165) is 38.5 Å². The third-order valence-corrected chi connectivity index (χ3v) is 8.18. The van der Waals surface area contributed by atoms with Crippen molar-refractivity contribution in [2.24, 2.45) is 0 Å². The van der Waals surface area contributed by atoms with E-state index < -0.39 is 12.1 Å². The van der Waals surface area contributed by atoms with Crippen LogP contribution >= 0.6 is 0 Å². The van der Waals surface area contributed by atoms with Crippen LogP contribution in [0.5, 0.6) is 0 Å². The molecule has 1 amide bonds. The van der Waals surface area contributed by atoms with Crippen molar-refractivity contribution in [2.75, 3.05) is 6.61 Å². The van der Waals surface area contributed by atoms with Crippen molar-refractivity contribution in [1.29, 1.82) is 0 Å². The quantitative estimate of drug-likeness (QED) is 0.0550. The standard InChI is InChI=1S/C37H71NO3/c1-3-5-7-9-11-13-15-17-19-20-22-24-26-28-30-32-36(40)35(34-39)38-37(41)33-31-29-27-25-23-21-18-16-14-12-10-8-6-4-2/h16,18,22,24,35-36,39-40H,3-15,17,19-21,23,25-34H2,1-2H3,(H,38,41)/b18-16+,24-22+/t35-,36+/m0/s1. The summed E-state index contributed by atoms with van der Waals surface area (Å²) in [5.41, 5.74) is 0. The second-order valence-corrected chi connectivity index (χ2v) is 12.3. The number of aliphatic hydroxyl groups is 2. The van der Waals surface area contributed by atoms with Crippen LogP contribution in [0.25, 0.3) is 0 Å². The number of rotatable bonds is 32. The zero-order valence-electron chi connectivity index (χ0n) is 27.6. The van der Waals surface area contributed by atoms with Gasteiger partial charge in [-0.25, -0.2) is 0 Å². The molecule has 41 heavy (non-hydrogen) atoms. The van der Waals surface area contributed by atoms with Crippen molar-refractivity contribution >= 4 is 5.91 Å². The summed E-state index contributed by atoms with van der Waals surface area (Å²) in [6.07, 6.45) is 40.8. The first-order chi connectivity index (χ1) is 20.2. The summed E-state index contributed by atoms with van der Waals surface area (Å²) in [5, 5.41) is 23.0. The zero-order chi connectivity index (χ0) is 30.1. The zero-order valence-corrected chi connectivity index (χ0v) is 27.6. The van der Waals surface area contributed by atoms with Crippen LogP contribution in [0.3, 0.4) is 0 Å². The first-order valence-corrected chi connectivity index (χ1v) is 18.0. The van der Waals surface area contributed by atoms with Crippen molar-refractivity contribution in [1.82, 2.24) is 5.32 Å². The molecule has 0 aromatic carbocycles. The fraction of sp³-hybridized carbons (Fsp3) is 0.865. The molecule has 0 spiro atoms. The van der Waals surface area contributed by atoms with Crippen molar-refractivity contribution in [3.8, 4) is 0 Å². The van der Waals surface area contributed by atoms with Gasteiger partial charge in [-0.15, -0.1) is 0 Å². The van der Waals surface area contributed by atoms with Crippen LogP contribution in [0.15, 0.2) is 24.3 Å². The molecule has 3 N–H and O–H groups in total. The predicted octanol–water partition coefficient (Wildman–Crippen LogP) is 10.5. The van der Waals surface area contributed by atoms with Crippen LogP contribution in [0.1, 0.15) is 187 Å². The highest BCUT2D eigenvalue weighted by molar-refractivity contribution is 5.76. The third-order valence-electron chi connectivity index (χ3n) is 8.18. The molecule has 0 heterocycles. The molecular formula is C37H71NO3. The third kappa shape index (κ3) is 30.1. The van der Waals surface area contributed by atoms with E-state index in [9.17, 15) is 15.0 Å². The minimum Gasteiger partial charge on any atom is -0.394 e. The first kappa shape index (κ1) is 39.9. The van der Waals surface area contributed by atoms with Gasteiger partial charge in [-0.3, -0.25) is 4.79 Å². The van der Waals surface area contributed by atoms with E-state index in [4.69, 9.17) is 0 Å². The molecule has 2 atom stereocenters. The monoisotopic (exact) mass is 578 g/mol. The SMILES string of the molecule is CCCCCCC/C=C/CCCCCCCC(=O)N[C@@H](CO)[C@H](O)CCCC/C=C/CCCCCCCCCCC. The number of amides is 1. The van der Waals surface area contributed by atoms with Crippen LogP contribution in [0, 0.1) is 0 Å². The molecule has 0 aliphatic rings. The molecule has 0 rings (SSSR count). The highest BCUT2D eigenvalue weighted by Crippen LogP contribution is 2.13. The van der Waals surface area contributed by atoms with Gasteiger partial charge in [0, 0.05) is 6.42 Å². The second kappa shape index (κ2) is 33.4. The smallest absolute Gasteiger partial charge is 0.220 e. The fourth-order valence-electron chi connectivity index (χ4n) is 5.35. The van der Waals surface area contributed by atoms with Gasteiger partial charge in [0.05, 0.1) is 18.8 Å². The molecule has 0 aliphatic carbocycles. The van der Waals surface area contributed by atoms with Gasteiger partial charge in [0.2, 0.25) is 5.91 Å². The summed E-state index contributed by atoms with van der Waals surface area (Å²) < 4.78 is 0. The molecule has 4 heteroatoms. The van der Waals surface area contributed by atoms with Gasteiger partial charge in [-0.2, -0.15) is 0 Å². The molecule has 0 bridgehead atoms. The molecule has 242 valence electrons. The minimum atomic E-state index is -0.681. The molecule has 0 unspecified atom stereocenters. The van der Waals surface area contributed by atoms with Gasteiger partial charge < -0.3 is 15.5 Å². The molecule has 0 saturated carbocycles. The Bertz CT molecular complexity index is 589. The highest BCUT2D eigenvalue weighted by atomic mass is 16.3. The lowest BCUT2D eigenvalue weighted by Gasteiger charge is -2.22. The van der Waals surface area contributed by atoms with Crippen LogP contribution in [-0.2, 0) is 4.79 Å². The lowest BCUT2D eigenvalue weighted by atomic mass is 10.0. The summed E-state index contributed by atoms with van der Waals surface area (Å²) in [5.74, 6) is -0.0515. The normalized spacial score (nSPS) is 13.4. The predicted molar refractivity (Wildman–Crippen MR) is 179 cm³/mol. The molecule has 0 aliphatic heterocycles. The van der Waals surface area contributed by atoms with Crippen molar-refractivity contribution in [2.45, 2.75) is 199 Å². The summed E-state index contributed by atoms with van der Waals surface area (Å²) >= 11 is 0. The molecule has 4 nitrogen and oxygen atoms in total.